The van der Waals surface area contributed by atoms with Gasteiger partial charge < -0.3 is 29.7 Å². The summed E-state index contributed by atoms with van der Waals surface area (Å²) in [6.07, 6.45) is -5.21. The van der Waals surface area contributed by atoms with Crippen LogP contribution < -0.4 is 0 Å². The fourth-order valence-corrected chi connectivity index (χ4v) is 4.34. The van der Waals surface area contributed by atoms with Gasteiger partial charge in [-0.1, -0.05) is 36.5 Å². The van der Waals surface area contributed by atoms with Gasteiger partial charge in [-0.05, 0) is 30.0 Å². The quantitative estimate of drug-likeness (QED) is 0.551. The molecule has 2 aliphatic rings. The van der Waals surface area contributed by atoms with Gasteiger partial charge in [0, 0.05) is 5.56 Å². The monoisotopic (exact) mass is 400 g/mol. The number of aliphatic hydroxyl groups is 4. The van der Waals surface area contributed by atoms with Crippen LogP contribution in [-0.4, -0.2) is 56.0 Å². The first kappa shape index (κ1) is 19.2. The van der Waals surface area contributed by atoms with Crippen molar-refractivity contribution in [3.8, 4) is 17.3 Å². The predicted molar refractivity (Wildman–Crippen MR) is 102 cm³/mol. The molecule has 1 saturated heterocycles. The van der Waals surface area contributed by atoms with Gasteiger partial charge in [-0.15, -0.1) is 0 Å². The van der Waals surface area contributed by atoms with Crippen molar-refractivity contribution in [2.24, 2.45) is 0 Å². The van der Waals surface area contributed by atoms with Crippen LogP contribution in [0.5, 0.6) is 0 Å². The second-order valence-corrected chi connectivity index (χ2v) is 7.48. The topological polar surface area (TPSA) is 119 Å². The Morgan fingerprint density at radius 1 is 1.11 bits per heavy atom. The summed E-state index contributed by atoms with van der Waals surface area (Å²) in [6.45, 7) is -0.536. The Morgan fingerprint density at radius 3 is 2.54 bits per heavy atom. The zero-order chi connectivity index (χ0) is 20.0. The van der Waals surface area contributed by atoms with Crippen LogP contribution in [0.15, 0.2) is 30.3 Å². The molecule has 5 atom stereocenters. The number of benzene rings is 1. The van der Waals surface area contributed by atoms with E-state index in [1.54, 1.807) is 10.6 Å². The second kappa shape index (κ2) is 7.37. The van der Waals surface area contributed by atoms with Crippen molar-refractivity contribution in [2.75, 3.05) is 6.61 Å². The van der Waals surface area contributed by atoms with Gasteiger partial charge in [0.15, 0.2) is 6.23 Å². The predicted octanol–water partition coefficient (Wildman–Crippen LogP) is 0.827. The first-order chi connectivity index (χ1) is 13.5. The van der Waals surface area contributed by atoms with Gasteiger partial charge in [-0.25, -0.2) is 0 Å². The van der Waals surface area contributed by atoms with E-state index < -0.39 is 37.3 Å². The highest BCUT2D eigenvalue weighted by Gasteiger charge is 2.45. The van der Waals surface area contributed by atoms with E-state index in [-0.39, 0.29) is 10.2 Å². The maximum Gasteiger partial charge on any atom is 0.164 e. The van der Waals surface area contributed by atoms with E-state index >= 15 is 0 Å². The standard InChI is InChI=1S/C20H20N2O5S/c21-8-12-7-11-6-5-10-3-1-2-4-13(10)15(11)22(20(12)28)19-18(26)17(25)16(24)14(9-23)27-19/h1-4,7,14,16-19,23-26H,5-6,9H2/t14-,16+,17+,18-,19-/m1/s1. The van der Waals surface area contributed by atoms with Gasteiger partial charge in [-0.2, -0.15) is 5.26 Å². The van der Waals surface area contributed by atoms with Crippen LogP contribution in [0.4, 0.5) is 0 Å². The zero-order valence-electron chi connectivity index (χ0n) is 14.9. The molecule has 4 N–H and O–H groups in total. The number of nitrogens with zero attached hydrogens (tertiary/aromatic N) is 2. The molecule has 1 aromatic carbocycles. The minimum atomic E-state index is -1.53. The van der Waals surface area contributed by atoms with Crippen molar-refractivity contribution < 1.29 is 25.2 Å². The summed E-state index contributed by atoms with van der Waals surface area (Å²) in [6, 6.07) is 11.6. The summed E-state index contributed by atoms with van der Waals surface area (Å²) >= 11 is 5.53. The number of aryl methyl sites for hydroxylation is 2. The van der Waals surface area contributed by atoms with Gasteiger partial charge in [-0.3, -0.25) is 0 Å². The van der Waals surface area contributed by atoms with Gasteiger partial charge in [0.05, 0.1) is 17.9 Å². The lowest BCUT2D eigenvalue weighted by atomic mass is 9.87. The lowest BCUT2D eigenvalue weighted by molar-refractivity contribution is -0.251. The third-order valence-electron chi connectivity index (χ3n) is 5.49. The molecule has 28 heavy (non-hydrogen) atoms. The number of hydrogen-bond acceptors (Lipinski definition) is 7. The molecule has 1 fully saturated rings. The van der Waals surface area contributed by atoms with Crippen molar-refractivity contribution >= 4 is 12.2 Å². The maximum atomic E-state index is 10.6. The molecule has 0 unspecified atom stereocenters. The van der Waals surface area contributed by atoms with Crippen LogP contribution in [0, 0.1) is 16.0 Å². The molecule has 2 heterocycles. The summed E-state index contributed by atoms with van der Waals surface area (Å²) in [7, 11) is 0. The molecule has 4 rings (SSSR count). The molecule has 8 heteroatoms. The first-order valence-electron chi connectivity index (χ1n) is 9.05. The number of aliphatic hydroxyl groups excluding tert-OH is 4. The van der Waals surface area contributed by atoms with Gasteiger partial charge in [0.1, 0.15) is 35.1 Å². The highest BCUT2D eigenvalue weighted by atomic mass is 32.1. The zero-order valence-corrected chi connectivity index (χ0v) is 15.7. The fraction of sp³-hybridized carbons (Fsp3) is 0.400. The van der Waals surface area contributed by atoms with Crippen molar-refractivity contribution in [3.05, 3.63) is 51.7 Å². The number of rotatable bonds is 2. The molecule has 0 amide bonds. The Hall–Kier alpha value is -2.12. The Labute approximate surface area is 166 Å². The maximum absolute atomic E-state index is 10.6. The number of pyridine rings is 1. The van der Waals surface area contributed by atoms with Crippen LogP contribution in [0.2, 0.25) is 0 Å². The molecule has 0 saturated carbocycles. The molecule has 7 nitrogen and oxygen atoms in total. The number of hydrogen-bond donors (Lipinski definition) is 4. The third-order valence-corrected chi connectivity index (χ3v) is 5.91. The van der Waals surface area contributed by atoms with E-state index in [2.05, 4.69) is 6.07 Å². The minimum Gasteiger partial charge on any atom is -0.394 e. The summed E-state index contributed by atoms with van der Waals surface area (Å²) < 4.78 is 7.47. The van der Waals surface area contributed by atoms with E-state index in [4.69, 9.17) is 17.0 Å². The van der Waals surface area contributed by atoms with Crippen molar-refractivity contribution in [1.29, 1.82) is 5.26 Å². The summed E-state index contributed by atoms with van der Waals surface area (Å²) in [5, 5.41) is 50.1. The minimum absolute atomic E-state index is 0.169. The van der Waals surface area contributed by atoms with Gasteiger partial charge >= 0.3 is 0 Å². The molecular weight excluding hydrogens is 380 g/mol. The Balaban J connectivity index is 1.97. The summed E-state index contributed by atoms with van der Waals surface area (Å²) in [4.78, 5) is 0. The van der Waals surface area contributed by atoms with Crippen molar-refractivity contribution in [2.45, 2.75) is 43.5 Å². The van der Waals surface area contributed by atoms with Crippen molar-refractivity contribution in [3.63, 3.8) is 0 Å². The SMILES string of the molecule is N#Cc1cc2c(n([C@@H]3O[C@H](CO)[C@H](O)[C@H](O)[C@H]3O)c1=S)-c1ccccc1CC2. The first-order valence-corrected chi connectivity index (χ1v) is 9.46. The third kappa shape index (κ3) is 2.88. The average molecular weight is 400 g/mol. The van der Waals surface area contributed by atoms with E-state index in [1.807, 2.05) is 24.3 Å². The molecular formula is C20H20N2O5S. The van der Waals surface area contributed by atoms with Crippen LogP contribution in [0.25, 0.3) is 11.3 Å². The lowest BCUT2D eigenvalue weighted by Crippen LogP contribution is -2.56. The number of nitriles is 1. The molecule has 0 bridgehead atoms. The smallest absolute Gasteiger partial charge is 0.164 e. The van der Waals surface area contributed by atoms with Gasteiger partial charge in [0.2, 0.25) is 0 Å². The van der Waals surface area contributed by atoms with Crippen LogP contribution >= 0.6 is 12.2 Å². The normalized spacial score (nSPS) is 28.9. The lowest BCUT2D eigenvalue weighted by Gasteiger charge is -2.42. The average Bonchev–Trinajstić information content (AvgIpc) is 2.72. The van der Waals surface area contributed by atoms with Crippen LogP contribution in [0.1, 0.15) is 22.9 Å². The molecule has 146 valence electrons. The Morgan fingerprint density at radius 2 is 1.82 bits per heavy atom. The van der Waals surface area contributed by atoms with E-state index in [1.165, 1.54) is 0 Å². The van der Waals surface area contributed by atoms with Gasteiger partial charge in [0.25, 0.3) is 0 Å². The number of ether oxygens (including phenoxy) is 1. The highest BCUT2D eigenvalue weighted by Crippen LogP contribution is 2.39. The van der Waals surface area contributed by atoms with E-state index in [9.17, 15) is 25.7 Å². The fourth-order valence-electron chi connectivity index (χ4n) is 4.04. The summed E-state index contributed by atoms with van der Waals surface area (Å²) in [5.41, 5.74) is 3.89. The Kier molecular flexibility index (Phi) is 5.05. The van der Waals surface area contributed by atoms with E-state index in [0.717, 1.165) is 28.8 Å². The van der Waals surface area contributed by atoms with Crippen molar-refractivity contribution in [1.82, 2.24) is 4.57 Å². The second-order valence-electron chi connectivity index (χ2n) is 7.10. The Bertz CT molecular complexity index is 1010. The summed E-state index contributed by atoms with van der Waals surface area (Å²) in [5.74, 6) is 0. The molecule has 1 aromatic heterocycles. The number of fused-ring (bicyclic) bond motifs is 3. The molecule has 1 aliphatic heterocycles. The molecule has 0 spiro atoms. The molecule has 0 radical (unpaired) electrons. The van der Waals surface area contributed by atoms with Crippen LogP contribution in [-0.2, 0) is 17.6 Å². The molecule has 2 aromatic rings. The molecule has 1 aliphatic carbocycles. The highest BCUT2D eigenvalue weighted by molar-refractivity contribution is 7.71. The number of aromatic nitrogens is 1. The van der Waals surface area contributed by atoms with Crippen LogP contribution in [0.3, 0.4) is 0 Å². The largest absolute Gasteiger partial charge is 0.394 e. The van der Waals surface area contributed by atoms with E-state index in [0.29, 0.717) is 6.42 Å².